The molecule has 0 spiro atoms. The average molecular weight is 284 g/mol. The summed E-state index contributed by atoms with van der Waals surface area (Å²) in [6, 6.07) is 6.20. The first-order valence-corrected chi connectivity index (χ1v) is 6.37. The minimum atomic E-state index is -4.32. The molecule has 1 N–H and O–H groups in total. The van der Waals surface area contributed by atoms with Gasteiger partial charge in [0.25, 0.3) is 0 Å². The van der Waals surface area contributed by atoms with Gasteiger partial charge in [-0.2, -0.15) is 18.4 Å². The second kappa shape index (κ2) is 5.33. The van der Waals surface area contributed by atoms with E-state index in [0.717, 1.165) is 0 Å². The van der Waals surface area contributed by atoms with Gasteiger partial charge in [-0.1, -0.05) is 6.07 Å². The minimum Gasteiger partial charge on any atom is -0.389 e. The number of anilines is 1. The van der Waals surface area contributed by atoms with Crippen molar-refractivity contribution >= 4 is 5.69 Å². The third-order valence-corrected chi connectivity index (χ3v) is 3.26. The molecule has 1 unspecified atom stereocenters. The first-order valence-electron chi connectivity index (χ1n) is 6.37. The maximum Gasteiger partial charge on any atom is 0.405 e. The Morgan fingerprint density at radius 3 is 2.55 bits per heavy atom. The number of nitrogens with zero attached hydrogens (tertiary/aromatic N) is 2. The van der Waals surface area contributed by atoms with E-state index in [4.69, 9.17) is 5.26 Å². The molecule has 20 heavy (non-hydrogen) atoms. The van der Waals surface area contributed by atoms with Crippen molar-refractivity contribution in [2.75, 3.05) is 11.4 Å². The van der Waals surface area contributed by atoms with Crippen molar-refractivity contribution < 1.29 is 18.3 Å². The normalized spacial score (nSPS) is 16.6. The van der Waals surface area contributed by atoms with Crippen LogP contribution in [0.2, 0.25) is 0 Å². The smallest absolute Gasteiger partial charge is 0.389 e. The van der Waals surface area contributed by atoms with Crippen LogP contribution in [0.3, 0.4) is 0 Å². The van der Waals surface area contributed by atoms with E-state index < -0.39 is 18.8 Å². The summed E-state index contributed by atoms with van der Waals surface area (Å²) in [6.45, 7) is 0.440. The van der Waals surface area contributed by atoms with Crippen molar-refractivity contribution in [2.45, 2.75) is 38.1 Å². The standard InChI is InChI=1S/C14H15F3N2O/c1-9(20)12-5-2-10(7-18)6-13(12)19(11-3-4-11)8-14(15,16)17/h2,5-6,9,11,20H,3-4,8H2,1H3. The van der Waals surface area contributed by atoms with Crippen LogP contribution in [0.15, 0.2) is 18.2 Å². The van der Waals surface area contributed by atoms with E-state index in [0.29, 0.717) is 24.1 Å². The fourth-order valence-corrected chi connectivity index (χ4v) is 2.21. The predicted molar refractivity (Wildman–Crippen MR) is 68.2 cm³/mol. The maximum absolute atomic E-state index is 12.7. The number of hydrogen-bond donors (Lipinski definition) is 1. The zero-order valence-electron chi connectivity index (χ0n) is 11.0. The summed E-state index contributed by atoms with van der Waals surface area (Å²) in [5.74, 6) is 0. The molecule has 6 heteroatoms. The van der Waals surface area contributed by atoms with Crippen LogP contribution in [0.25, 0.3) is 0 Å². The van der Waals surface area contributed by atoms with Gasteiger partial charge in [-0.3, -0.25) is 0 Å². The Bertz CT molecular complexity index is 530. The van der Waals surface area contributed by atoms with Gasteiger partial charge in [0.05, 0.1) is 17.7 Å². The van der Waals surface area contributed by atoms with Crippen LogP contribution in [-0.2, 0) is 0 Å². The summed E-state index contributed by atoms with van der Waals surface area (Å²) in [6.07, 6.45) is -3.80. The minimum absolute atomic E-state index is 0.164. The summed E-state index contributed by atoms with van der Waals surface area (Å²) in [5, 5.41) is 18.6. The van der Waals surface area contributed by atoms with Gasteiger partial charge in [-0.25, -0.2) is 0 Å². The topological polar surface area (TPSA) is 47.3 Å². The van der Waals surface area contributed by atoms with Crippen molar-refractivity contribution in [3.8, 4) is 6.07 Å². The first-order chi connectivity index (χ1) is 9.31. The number of benzene rings is 1. The Morgan fingerprint density at radius 1 is 1.45 bits per heavy atom. The van der Waals surface area contributed by atoms with Crippen molar-refractivity contribution in [2.24, 2.45) is 0 Å². The molecule has 1 saturated carbocycles. The molecule has 0 heterocycles. The van der Waals surface area contributed by atoms with E-state index in [1.54, 1.807) is 0 Å². The third kappa shape index (κ3) is 3.42. The van der Waals surface area contributed by atoms with Crippen LogP contribution in [0.1, 0.15) is 37.0 Å². The Kier molecular flexibility index (Phi) is 3.91. The molecular formula is C14H15F3N2O. The van der Waals surface area contributed by atoms with E-state index in [9.17, 15) is 18.3 Å². The molecule has 108 valence electrons. The number of rotatable bonds is 4. The van der Waals surface area contributed by atoms with Crippen LogP contribution in [0, 0.1) is 11.3 Å². The Morgan fingerprint density at radius 2 is 2.10 bits per heavy atom. The summed E-state index contributed by atoms with van der Waals surface area (Å²) in [5.41, 5.74) is 1.01. The molecule has 0 amide bonds. The largest absolute Gasteiger partial charge is 0.405 e. The molecule has 1 aliphatic carbocycles. The lowest BCUT2D eigenvalue weighted by molar-refractivity contribution is -0.120. The Balaban J connectivity index is 2.43. The molecule has 1 aromatic carbocycles. The molecule has 1 aliphatic rings. The average Bonchev–Trinajstić information content (AvgIpc) is 3.18. The summed E-state index contributed by atoms with van der Waals surface area (Å²) < 4.78 is 38.2. The summed E-state index contributed by atoms with van der Waals surface area (Å²) >= 11 is 0. The molecule has 0 aliphatic heterocycles. The molecule has 1 aromatic rings. The van der Waals surface area contributed by atoms with Gasteiger partial charge in [-0.05, 0) is 31.9 Å². The lowest BCUT2D eigenvalue weighted by Gasteiger charge is -2.29. The number of nitriles is 1. The fourth-order valence-electron chi connectivity index (χ4n) is 2.21. The van der Waals surface area contributed by atoms with Gasteiger partial charge < -0.3 is 10.0 Å². The van der Waals surface area contributed by atoms with Crippen molar-refractivity contribution in [3.63, 3.8) is 0 Å². The third-order valence-electron chi connectivity index (χ3n) is 3.26. The maximum atomic E-state index is 12.7. The summed E-state index contributed by atoms with van der Waals surface area (Å²) in [7, 11) is 0. The Labute approximate surface area is 115 Å². The molecule has 0 aromatic heterocycles. The van der Waals surface area contributed by atoms with Gasteiger partial charge >= 0.3 is 6.18 Å². The van der Waals surface area contributed by atoms with Crippen LogP contribution in [-0.4, -0.2) is 23.9 Å². The Hall–Kier alpha value is -1.74. The van der Waals surface area contributed by atoms with Crippen molar-refractivity contribution in [1.82, 2.24) is 0 Å². The highest BCUT2D eigenvalue weighted by atomic mass is 19.4. The number of halogens is 3. The molecule has 2 rings (SSSR count). The zero-order chi connectivity index (χ0) is 14.9. The van der Waals surface area contributed by atoms with E-state index in [-0.39, 0.29) is 11.6 Å². The number of alkyl halides is 3. The van der Waals surface area contributed by atoms with Gasteiger partial charge in [0.1, 0.15) is 6.54 Å². The SMILES string of the molecule is CC(O)c1ccc(C#N)cc1N(CC(F)(F)F)C1CC1. The monoisotopic (exact) mass is 284 g/mol. The number of aliphatic hydroxyl groups is 1. The lowest BCUT2D eigenvalue weighted by atomic mass is 10.0. The van der Waals surface area contributed by atoms with Gasteiger partial charge in [0.2, 0.25) is 0 Å². The molecule has 0 saturated heterocycles. The quantitative estimate of drug-likeness (QED) is 0.924. The second-order valence-corrected chi connectivity index (χ2v) is 5.04. The molecule has 0 bridgehead atoms. The number of aliphatic hydroxyl groups excluding tert-OH is 1. The van der Waals surface area contributed by atoms with E-state index >= 15 is 0 Å². The molecule has 1 fully saturated rings. The summed E-state index contributed by atoms with van der Waals surface area (Å²) in [4.78, 5) is 1.25. The van der Waals surface area contributed by atoms with Crippen LogP contribution < -0.4 is 4.90 Å². The lowest BCUT2D eigenvalue weighted by Crippen LogP contribution is -2.36. The van der Waals surface area contributed by atoms with Crippen LogP contribution in [0.4, 0.5) is 18.9 Å². The molecular weight excluding hydrogens is 269 g/mol. The van der Waals surface area contributed by atoms with Gasteiger partial charge in [0.15, 0.2) is 0 Å². The van der Waals surface area contributed by atoms with Gasteiger partial charge in [-0.15, -0.1) is 0 Å². The number of hydrogen-bond acceptors (Lipinski definition) is 3. The molecule has 3 nitrogen and oxygen atoms in total. The fraction of sp³-hybridized carbons (Fsp3) is 0.500. The van der Waals surface area contributed by atoms with E-state index in [1.165, 1.54) is 30.0 Å². The highest BCUT2D eigenvalue weighted by Crippen LogP contribution is 2.38. The van der Waals surface area contributed by atoms with Crippen LogP contribution in [0.5, 0.6) is 0 Å². The van der Waals surface area contributed by atoms with E-state index in [2.05, 4.69) is 0 Å². The van der Waals surface area contributed by atoms with E-state index in [1.807, 2.05) is 6.07 Å². The molecule has 1 atom stereocenters. The van der Waals surface area contributed by atoms with Crippen molar-refractivity contribution in [3.05, 3.63) is 29.3 Å². The van der Waals surface area contributed by atoms with Crippen LogP contribution >= 0.6 is 0 Å². The first kappa shape index (κ1) is 14.7. The second-order valence-electron chi connectivity index (χ2n) is 5.04. The van der Waals surface area contributed by atoms with Crippen molar-refractivity contribution in [1.29, 1.82) is 5.26 Å². The highest BCUT2D eigenvalue weighted by Gasteiger charge is 2.39. The zero-order valence-corrected chi connectivity index (χ0v) is 11.0. The predicted octanol–water partition coefficient (Wildman–Crippen LogP) is 3.14. The van der Waals surface area contributed by atoms with Gasteiger partial charge in [0, 0.05) is 17.3 Å². The highest BCUT2D eigenvalue weighted by molar-refractivity contribution is 5.60. The molecule has 0 radical (unpaired) electrons.